The molecule has 2 aliphatic rings. The van der Waals surface area contributed by atoms with Crippen molar-refractivity contribution in [2.75, 3.05) is 29.9 Å². The Morgan fingerprint density at radius 1 is 1.28 bits per heavy atom. The molecule has 3 heterocycles. The van der Waals surface area contributed by atoms with Crippen LogP contribution in [-0.4, -0.2) is 51.8 Å². The minimum Gasteiger partial charge on any atom is -0.320 e. The molecule has 0 atom stereocenters. The Kier molecular flexibility index (Phi) is 7.31. The molecule has 3 aromatic rings. The van der Waals surface area contributed by atoms with E-state index in [0.717, 1.165) is 62.2 Å². The van der Waals surface area contributed by atoms with Crippen molar-refractivity contribution in [1.29, 1.82) is 5.26 Å². The van der Waals surface area contributed by atoms with Crippen molar-refractivity contribution in [2.24, 2.45) is 5.92 Å². The predicted molar refractivity (Wildman–Crippen MR) is 145 cm³/mol. The van der Waals surface area contributed by atoms with Crippen LogP contribution in [0, 0.1) is 17.2 Å². The van der Waals surface area contributed by atoms with Crippen molar-refractivity contribution < 1.29 is 18.0 Å². The lowest BCUT2D eigenvalue weighted by atomic mass is 9.76. The number of rotatable bonds is 6. The number of thiocarbonyl (C=S) groups is 1. The fourth-order valence-electron chi connectivity index (χ4n) is 5.32. The zero-order valence-electron chi connectivity index (χ0n) is 21.4. The molecule has 1 N–H and O–H groups in total. The second kappa shape index (κ2) is 10.5. The van der Waals surface area contributed by atoms with Gasteiger partial charge in [0.15, 0.2) is 10.8 Å². The molecular formula is C27H28F3N7OS. The number of carbonyl (C=O) groups excluding carboxylic acids is 1. The number of pyridine rings is 1. The van der Waals surface area contributed by atoms with Gasteiger partial charge in [-0.3, -0.25) is 4.68 Å². The Labute approximate surface area is 229 Å². The van der Waals surface area contributed by atoms with Crippen LogP contribution >= 0.6 is 12.2 Å². The van der Waals surface area contributed by atoms with Crippen molar-refractivity contribution in [3.8, 4) is 6.07 Å². The molecule has 2 fully saturated rings. The van der Waals surface area contributed by atoms with E-state index in [1.165, 1.54) is 24.2 Å². The number of carbonyl (C=O) groups is 1. The summed E-state index contributed by atoms with van der Waals surface area (Å²) in [6, 6.07) is 7.99. The van der Waals surface area contributed by atoms with Crippen LogP contribution in [0.3, 0.4) is 0 Å². The minimum atomic E-state index is -4.76. The highest BCUT2D eigenvalue weighted by Gasteiger charge is 2.46. The zero-order chi connectivity index (χ0) is 27.8. The molecule has 12 heteroatoms. The number of anilines is 2. The average molecular weight is 556 g/mol. The summed E-state index contributed by atoms with van der Waals surface area (Å²) in [6.45, 7) is 2.83. The fraction of sp³-hybridized carbons (Fsp3) is 0.444. The third-order valence-electron chi connectivity index (χ3n) is 7.73. The standard InChI is InChI=1S/C27H28F3N7OS/c1-35(21-12-22(27(28,29)30)24(13-31)33-14-21)25(39)37(26(17-38)7-2-8-26)20-3-4-23-19(11-20)16-36(34-23)15-18-5-9-32-10-6-18/h3-4,11-12,14,16-18,32H,2,5-10,15H2,1H3. The molecule has 5 rings (SSSR count). The fourth-order valence-corrected chi connectivity index (χ4v) is 5.71. The molecule has 39 heavy (non-hydrogen) atoms. The maximum absolute atomic E-state index is 13.6. The molecule has 0 unspecified atom stereocenters. The van der Waals surface area contributed by atoms with Crippen molar-refractivity contribution in [3.63, 3.8) is 0 Å². The van der Waals surface area contributed by atoms with E-state index in [-0.39, 0.29) is 10.8 Å². The van der Waals surface area contributed by atoms with Gasteiger partial charge in [0, 0.05) is 30.9 Å². The first-order valence-electron chi connectivity index (χ1n) is 12.8. The van der Waals surface area contributed by atoms with Gasteiger partial charge in [-0.05, 0) is 87.6 Å². The number of aromatic nitrogens is 3. The molecule has 204 valence electrons. The second-order valence-electron chi connectivity index (χ2n) is 10.2. The molecule has 2 aromatic heterocycles. The minimum absolute atomic E-state index is 0.0626. The van der Waals surface area contributed by atoms with Crippen LogP contribution < -0.4 is 15.1 Å². The van der Waals surface area contributed by atoms with E-state index in [4.69, 9.17) is 22.6 Å². The highest BCUT2D eigenvalue weighted by atomic mass is 32.1. The van der Waals surface area contributed by atoms with Gasteiger partial charge in [-0.15, -0.1) is 0 Å². The summed E-state index contributed by atoms with van der Waals surface area (Å²) >= 11 is 5.80. The van der Waals surface area contributed by atoms with Crippen LogP contribution in [-0.2, 0) is 17.5 Å². The first-order valence-corrected chi connectivity index (χ1v) is 13.3. The Balaban J connectivity index is 1.49. The van der Waals surface area contributed by atoms with E-state index in [9.17, 15) is 18.0 Å². The van der Waals surface area contributed by atoms with Gasteiger partial charge in [0.1, 0.15) is 17.9 Å². The number of halogens is 3. The average Bonchev–Trinajstić information content (AvgIpc) is 3.31. The Morgan fingerprint density at radius 2 is 2.03 bits per heavy atom. The van der Waals surface area contributed by atoms with Gasteiger partial charge >= 0.3 is 6.18 Å². The van der Waals surface area contributed by atoms with E-state index in [0.29, 0.717) is 24.4 Å². The van der Waals surface area contributed by atoms with Crippen LogP contribution in [0.5, 0.6) is 0 Å². The maximum Gasteiger partial charge on any atom is 0.419 e. The van der Waals surface area contributed by atoms with Crippen molar-refractivity contribution >= 4 is 45.9 Å². The summed E-state index contributed by atoms with van der Waals surface area (Å²) < 4.78 is 42.8. The number of nitriles is 1. The molecule has 1 saturated carbocycles. The van der Waals surface area contributed by atoms with Crippen LogP contribution in [0.15, 0.2) is 36.7 Å². The van der Waals surface area contributed by atoms with E-state index in [1.807, 2.05) is 29.1 Å². The first kappa shape index (κ1) is 27.0. The lowest BCUT2D eigenvalue weighted by Crippen LogP contribution is -2.60. The summed E-state index contributed by atoms with van der Waals surface area (Å²) in [5.41, 5.74) is -1.22. The number of hydrogen-bond donors (Lipinski definition) is 1. The normalized spacial score (nSPS) is 17.3. The van der Waals surface area contributed by atoms with Crippen LogP contribution in [0.2, 0.25) is 0 Å². The summed E-state index contributed by atoms with van der Waals surface area (Å²) in [5, 5.41) is 18.2. The smallest absolute Gasteiger partial charge is 0.320 e. The first-order chi connectivity index (χ1) is 18.6. The van der Waals surface area contributed by atoms with Gasteiger partial charge in [-0.25, -0.2) is 4.98 Å². The van der Waals surface area contributed by atoms with Crippen LogP contribution in [0.4, 0.5) is 24.5 Å². The van der Waals surface area contributed by atoms with E-state index in [2.05, 4.69) is 10.3 Å². The highest BCUT2D eigenvalue weighted by Crippen LogP contribution is 2.41. The Hall–Kier alpha value is -3.56. The summed E-state index contributed by atoms with van der Waals surface area (Å²) in [4.78, 5) is 19.3. The molecule has 0 spiro atoms. The van der Waals surface area contributed by atoms with Crippen LogP contribution in [0.1, 0.15) is 43.4 Å². The predicted octanol–water partition coefficient (Wildman–Crippen LogP) is 4.67. The third-order valence-corrected chi connectivity index (χ3v) is 8.19. The molecule has 0 bridgehead atoms. The molecule has 8 nitrogen and oxygen atoms in total. The van der Waals surface area contributed by atoms with Crippen molar-refractivity contribution in [1.82, 2.24) is 20.1 Å². The highest BCUT2D eigenvalue weighted by molar-refractivity contribution is 7.80. The van der Waals surface area contributed by atoms with Gasteiger partial charge in [0.05, 0.1) is 23.0 Å². The van der Waals surface area contributed by atoms with Crippen molar-refractivity contribution in [2.45, 2.75) is 50.4 Å². The molecular weight excluding hydrogens is 527 g/mol. The van der Waals surface area contributed by atoms with Gasteiger partial charge in [-0.1, -0.05) is 0 Å². The van der Waals surface area contributed by atoms with Gasteiger partial charge in [0.2, 0.25) is 0 Å². The second-order valence-corrected chi connectivity index (χ2v) is 10.6. The van der Waals surface area contributed by atoms with Crippen molar-refractivity contribution in [3.05, 3.63) is 47.9 Å². The molecule has 1 aliphatic carbocycles. The monoisotopic (exact) mass is 555 g/mol. The SMILES string of the molecule is CN(C(=S)N(c1ccc2nn(CC3CCNCC3)cc2c1)C1(C=O)CCC1)c1cnc(C#N)c(C(F)(F)F)c1. The maximum atomic E-state index is 13.6. The number of nitrogens with zero attached hydrogens (tertiary/aromatic N) is 6. The van der Waals surface area contributed by atoms with Crippen LogP contribution in [0.25, 0.3) is 10.9 Å². The molecule has 1 aliphatic heterocycles. The molecule has 0 radical (unpaired) electrons. The number of hydrogen-bond acceptors (Lipinski definition) is 6. The number of nitrogens with one attached hydrogen (secondary N) is 1. The summed E-state index contributed by atoms with van der Waals surface area (Å²) in [7, 11) is 1.53. The number of benzene rings is 1. The molecule has 1 saturated heterocycles. The van der Waals surface area contributed by atoms with Gasteiger partial charge in [-0.2, -0.15) is 23.5 Å². The number of piperidine rings is 1. The lowest BCUT2D eigenvalue weighted by molar-refractivity contribution is -0.138. The van der Waals surface area contributed by atoms with E-state index in [1.54, 1.807) is 4.90 Å². The largest absolute Gasteiger partial charge is 0.419 e. The van der Waals surface area contributed by atoms with E-state index < -0.39 is 23.0 Å². The number of aldehydes is 1. The summed E-state index contributed by atoms with van der Waals surface area (Å²) in [5.74, 6) is 0.550. The lowest BCUT2D eigenvalue weighted by Gasteiger charge is -2.48. The third kappa shape index (κ3) is 5.21. The Morgan fingerprint density at radius 3 is 2.64 bits per heavy atom. The number of alkyl halides is 3. The molecule has 1 aromatic carbocycles. The topological polar surface area (TPSA) is 90.1 Å². The van der Waals surface area contributed by atoms with Gasteiger partial charge < -0.3 is 19.9 Å². The quantitative estimate of drug-likeness (QED) is 0.347. The molecule has 0 amide bonds. The Bertz CT molecular complexity index is 1440. The summed E-state index contributed by atoms with van der Waals surface area (Å²) in [6.07, 6.45) is 3.44. The van der Waals surface area contributed by atoms with E-state index >= 15 is 0 Å². The number of fused-ring (bicyclic) bond motifs is 1. The van der Waals surface area contributed by atoms with Gasteiger partial charge in [0.25, 0.3) is 0 Å². The zero-order valence-corrected chi connectivity index (χ0v) is 22.2.